The normalized spacial score (nSPS) is 10.7. The van der Waals surface area contributed by atoms with E-state index < -0.39 is 0 Å². The molecule has 0 fully saturated rings. The number of rotatable bonds is 6. The maximum Gasteiger partial charge on any atom is 0.277 e. The first kappa shape index (κ1) is 15.9. The molecule has 23 heavy (non-hydrogen) atoms. The Balaban J connectivity index is 1.73. The Morgan fingerprint density at radius 1 is 1.13 bits per heavy atom. The van der Waals surface area contributed by atoms with Gasteiger partial charge in [-0.3, -0.25) is 0 Å². The molecule has 0 aliphatic heterocycles. The van der Waals surface area contributed by atoms with Crippen molar-refractivity contribution in [3.63, 3.8) is 0 Å². The monoisotopic (exact) mass is 346 g/mol. The van der Waals surface area contributed by atoms with Crippen molar-refractivity contribution in [3.8, 4) is 17.2 Å². The van der Waals surface area contributed by atoms with E-state index in [1.165, 1.54) is 11.8 Å². The fourth-order valence-corrected chi connectivity index (χ4v) is 2.99. The Morgan fingerprint density at radius 3 is 2.83 bits per heavy atom. The Morgan fingerprint density at radius 2 is 2.00 bits per heavy atom. The zero-order valence-corrected chi connectivity index (χ0v) is 14.1. The maximum absolute atomic E-state index is 5.98. The predicted octanol–water partition coefficient (Wildman–Crippen LogP) is 5.08. The number of benzene rings is 2. The van der Waals surface area contributed by atoms with Crippen molar-refractivity contribution in [2.24, 2.45) is 0 Å². The van der Waals surface area contributed by atoms with Crippen LogP contribution in [0.3, 0.4) is 0 Å². The summed E-state index contributed by atoms with van der Waals surface area (Å²) in [5.41, 5.74) is 1.91. The average molecular weight is 347 g/mol. The van der Waals surface area contributed by atoms with E-state index in [1.54, 1.807) is 0 Å². The van der Waals surface area contributed by atoms with Crippen LogP contribution in [-0.4, -0.2) is 16.8 Å². The summed E-state index contributed by atoms with van der Waals surface area (Å²) in [7, 11) is 0. The molecule has 0 bridgehead atoms. The lowest BCUT2D eigenvalue weighted by Gasteiger charge is -2.06. The van der Waals surface area contributed by atoms with Gasteiger partial charge in [0.25, 0.3) is 11.1 Å². The Kier molecular flexibility index (Phi) is 5.20. The fraction of sp³-hybridized carbons (Fsp3) is 0.176. The lowest BCUT2D eigenvalue weighted by molar-refractivity contribution is 0.340. The summed E-state index contributed by atoms with van der Waals surface area (Å²) in [5, 5.41) is 9.45. The molecule has 118 valence electrons. The number of aromatic nitrogens is 2. The Hall–Kier alpha value is -1.98. The zero-order chi connectivity index (χ0) is 16.1. The quantitative estimate of drug-likeness (QED) is 0.582. The lowest BCUT2D eigenvalue weighted by Crippen LogP contribution is -1.93. The van der Waals surface area contributed by atoms with Gasteiger partial charge >= 0.3 is 0 Å². The first-order valence-corrected chi connectivity index (χ1v) is 8.55. The summed E-state index contributed by atoms with van der Waals surface area (Å²) in [4.78, 5) is 0. The van der Waals surface area contributed by atoms with Crippen molar-refractivity contribution in [1.82, 2.24) is 10.2 Å². The number of hydrogen-bond donors (Lipinski definition) is 0. The molecule has 3 rings (SSSR count). The van der Waals surface area contributed by atoms with Gasteiger partial charge < -0.3 is 9.15 Å². The van der Waals surface area contributed by atoms with Crippen LogP contribution < -0.4 is 4.74 Å². The molecule has 4 nitrogen and oxygen atoms in total. The molecule has 0 radical (unpaired) electrons. The van der Waals surface area contributed by atoms with Gasteiger partial charge in [-0.1, -0.05) is 47.6 Å². The third-order valence-corrected chi connectivity index (χ3v) is 4.20. The molecule has 3 aromatic rings. The third-order valence-electron chi connectivity index (χ3n) is 3.08. The molecular weight excluding hydrogens is 332 g/mol. The van der Waals surface area contributed by atoms with Gasteiger partial charge in [0.2, 0.25) is 0 Å². The van der Waals surface area contributed by atoms with E-state index in [9.17, 15) is 0 Å². The second-order valence-electron chi connectivity index (χ2n) is 4.72. The molecule has 0 N–H and O–H groups in total. The van der Waals surface area contributed by atoms with E-state index in [4.69, 9.17) is 20.8 Å². The Bertz CT molecular complexity index is 792. The largest absolute Gasteiger partial charge is 0.493 e. The Labute approximate surface area is 143 Å². The predicted molar refractivity (Wildman–Crippen MR) is 91.9 cm³/mol. The van der Waals surface area contributed by atoms with E-state index in [0.717, 1.165) is 27.7 Å². The number of thioether (sulfide) groups is 1. The van der Waals surface area contributed by atoms with Crippen LogP contribution in [0, 0.1) is 0 Å². The van der Waals surface area contributed by atoms with Crippen molar-refractivity contribution in [2.45, 2.75) is 17.9 Å². The number of ether oxygens (including phenoxy) is 1. The average Bonchev–Trinajstić information content (AvgIpc) is 3.03. The lowest BCUT2D eigenvalue weighted by atomic mass is 10.2. The summed E-state index contributed by atoms with van der Waals surface area (Å²) in [6, 6.07) is 15.4. The minimum atomic E-state index is 0.461. The van der Waals surface area contributed by atoms with Crippen LogP contribution in [0.2, 0.25) is 5.02 Å². The highest BCUT2D eigenvalue weighted by molar-refractivity contribution is 7.98. The van der Waals surface area contributed by atoms with Crippen LogP contribution in [-0.2, 0) is 5.75 Å². The topological polar surface area (TPSA) is 48.2 Å². The minimum absolute atomic E-state index is 0.461. The van der Waals surface area contributed by atoms with Gasteiger partial charge in [-0.2, -0.15) is 0 Å². The molecule has 0 saturated carbocycles. The molecular formula is C17H15ClN2O2S. The van der Waals surface area contributed by atoms with Crippen LogP contribution in [0.5, 0.6) is 5.75 Å². The van der Waals surface area contributed by atoms with Crippen LogP contribution in [0.25, 0.3) is 11.5 Å². The molecule has 1 heterocycles. The summed E-state index contributed by atoms with van der Waals surface area (Å²) < 4.78 is 11.3. The molecule has 0 amide bonds. The second-order valence-corrected chi connectivity index (χ2v) is 6.08. The SMILES string of the molecule is CCOc1ccccc1-c1nnc(SCc2cccc(Cl)c2)o1. The van der Waals surface area contributed by atoms with Crippen molar-refractivity contribution < 1.29 is 9.15 Å². The highest BCUT2D eigenvalue weighted by Gasteiger charge is 2.13. The third kappa shape index (κ3) is 4.06. The van der Waals surface area contributed by atoms with Crippen LogP contribution in [0.15, 0.2) is 58.2 Å². The van der Waals surface area contributed by atoms with Gasteiger partial charge in [0.1, 0.15) is 5.75 Å². The van der Waals surface area contributed by atoms with Gasteiger partial charge in [0.05, 0.1) is 12.2 Å². The molecule has 0 spiro atoms. The van der Waals surface area contributed by atoms with Gasteiger partial charge in [-0.25, -0.2) is 0 Å². The highest BCUT2D eigenvalue weighted by Crippen LogP contribution is 2.31. The first-order chi connectivity index (χ1) is 11.3. The fourth-order valence-electron chi connectivity index (χ4n) is 2.07. The first-order valence-electron chi connectivity index (χ1n) is 7.19. The highest BCUT2D eigenvalue weighted by atomic mass is 35.5. The van der Waals surface area contributed by atoms with Crippen LogP contribution >= 0.6 is 23.4 Å². The van der Waals surface area contributed by atoms with Crippen molar-refractivity contribution in [3.05, 3.63) is 59.1 Å². The van der Waals surface area contributed by atoms with Gasteiger partial charge in [0, 0.05) is 10.8 Å². The molecule has 0 aliphatic carbocycles. The van der Waals surface area contributed by atoms with Crippen molar-refractivity contribution in [1.29, 1.82) is 0 Å². The summed E-state index contributed by atoms with van der Waals surface area (Å²) in [5.74, 6) is 1.92. The zero-order valence-electron chi connectivity index (χ0n) is 12.5. The van der Waals surface area contributed by atoms with Crippen molar-refractivity contribution >= 4 is 23.4 Å². The van der Waals surface area contributed by atoms with E-state index in [1.807, 2.05) is 55.5 Å². The number of hydrogen-bond acceptors (Lipinski definition) is 5. The van der Waals surface area contributed by atoms with Gasteiger partial charge in [-0.05, 0) is 36.8 Å². The summed E-state index contributed by atoms with van der Waals surface area (Å²) in [6.07, 6.45) is 0. The number of halogens is 1. The summed E-state index contributed by atoms with van der Waals surface area (Å²) >= 11 is 7.46. The van der Waals surface area contributed by atoms with E-state index >= 15 is 0 Å². The number of nitrogens with zero attached hydrogens (tertiary/aromatic N) is 2. The van der Waals surface area contributed by atoms with E-state index in [0.29, 0.717) is 17.7 Å². The molecule has 0 unspecified atom stereocenters. The van der Waals surface area contributed by atoms with Crippen LogP contribution in [0.1, 0.15) is 12.5 Å². The minimum Gasteiger partial charge on any atom is -0.493 e. The van der Waals surface area contributed by atoms with Crippen LogP contribution in [0.4, 0.5) is 0 Å². The van der Waals surface area contributed by atoms with Gasteiger partial charge in [-0.15, -0.1) is 10.2 Å². The molecule has 0 atom stereocenters. The maximum atomic E-state index is 5.98. The second kappa shape index (κ2) is 7.53. The molecule has 6 heteroatoms. The molecule has 1 aromatic heterocycles. The summed E-state index contributed by atoms with van der Waals surface area (Å²) in [6.45, 7) is 2.53. The van der Waals surface area contributed by atoms with E-state index in [2.05, 4.69) is 10.2 Å². The molecule has 0 aliphatic rings. The van der Waals surface area contributed by atoms with Crippen molar-refractivity contribution in [2.75, 3.05) is 6.61 Å². The standard InChI is InChI=1S/C17H15ClN2O2S/c1-2-21-15-9-4-3-8-14(15)16-19-20-17(22-16)23-11-12-6-5-7-13(18)10-12/h3-10H,2,11H2,1H3. The van der Waals surface area contributed by atoms with Gasteiger partial charge in [0.15, 0.2) is 0 Å². The number of para-hydroxylation sites is 1. The van der Waals surface area contributed by atoms with E-state index in [-0.39, 0.29) is 0 Å². The molecule has 2 aromatic carbocycles. The molecule has 0 saturated heterocycles. The smallest absolute Gasteiger partial charge is 0.277 e.